The summed E-state index contributed by atoms with van der Waals surface area (Å²) >= 11 is -2.41. The fourth-order valence-corrected chi connectivity index (χ4v) is 1.74. The maximum atomic E-state index is 12.4. The Hall–Kier alpha value is -1.41. The molecule has 0 radical (unpaired) electrons. The Morgan fingerprint density at radius 1 is 1.35 bits per heavy atom. The van der Waals surface area contributed by atoms with Crippen LogP contribution in [0.4, 0.5) is 13.2 Å². The molecule has 0 spiro atoms. The molecule has 0 bridgehead atoms. The zero-order chi connectivity index (χ0) is 13.2. The van der Waals surface area contributed by atoms with Crippen molar-refractivity contribution in [2.45, 2.75) is 11.9 Å². The highest BCUT2D eigenvalue weighted by Gasteiger charge is 2.31. The molecule has 0 saturated carbocycles. The predicted molar refractivity (Wildman–Crippen MR) is 52.9 cm³/mol. The van der Waals surface area contributed by atoms with Crippen LogP contribution in [0.1, 0.15) is 21.5 Å². The molecule has 1 rings (SSSR count). The molecule has 1 atom stereocenters. The third kappa shape index (κ3) is 3.53. The van der Waals surface area contributed by atoms with Gasteiger partial charge in [0.2, 0.25) is 0 Å². The lowest BCUT2D eigenvalue weighted by Gasteiger charge is -2.10. The smallest absolute Gasteiger partial charge is 0.416 e. The highest BCUT2D eigenvalue weighted by atomic mass is 32.2. The second-order valence-electron chi connectivity index (χ2n) is 3.14. The summed E-state index contributed by atoms with van der Waals surface area (Å²) in [6.07, 6.45) is -4.62. The normalized spacial score (nSPS) is 13.4. The molecule has 4 nitrogen and oxygen atoms in total. The number of benzene rings is 1. The Bertz CT molecular complexity index is 470. The van der Waals surface area contributed by atoms with Crippen molar-refractivity contribution in [1.82, 2.24) is 0 Å². The molecule has 0 aliphatic rings. The second kappa shape index (κ2) is 4.84. The van der Waals surface area contributed by atoms with Crippen LogP contribution in [0.3, 0.4) is 0 Å². The van der Waals surface area contributed by atoms with Gasteiger partial charge >= 0.3 is 12.1 Å². The molecule has 1 aromatic carbocycles. The van der Waals surface area contributed by atoms with Gasteiger partial charge in [-0.2, -0.15) is 13.2 Å². The second-order valence-corrected chi connectivity index (χ2v) is 4.07. The third-order valence-electron chi connectivity index (χ3n) is 1.94. The van der Waals surface area contributed by atoms with Gasteiger partial charge in [0.1, 0.15) is 0 Å². The van der Waals surface area contributed by atoms with E-state index in [9.17, 15) is 22.2 Å². The van der Waals surface area contributed by atoms with Crippen LogP contribution in [0.25, 0.3) is 0 Å². The first-order valence-electron chi connectivity index (χ1n) is 4.22. The third-order valence-corrected chi connectivity index (χ3v) is 2.50. The summed E-state index contributed by atoms with van der Waals surface area (Å²) < 4.78 is 56.2. The van der Waals surface area contributed by atoms with Crippen LogP contribution in [0.15, 0.2) is 18.2 Å². The molecule has 94 valence electrons. The van der Waals surface area contributed by atoms with Gasteiger partial charge in [-0.3, -0.25) is 0 Å². The van der Waals surface area contributed by atoms with E-state index >= 15 is 0 Å². The maximum absolute atomic E-state index is 12.4. The van der Waals surface area contributed by atoms with Gasteiger partial charge < -0.3 is 9.66 Å². The molecule has 0 fully saturated rings. The molecular weight excluding hydrogens is 261 g/mol. The summed E-state index contributed by atoms with van der Waals surface area (Å²) in [5.74, 6) is -2.11. The van der Waals surface area contributed by atoms with Gasteiger partial charge in [-0.25, -0.2) is 9.00 Å². The highest BCUT2D eigenvalue weighted by molar-refractivity contribution is 7.78. The minimum absolute atomic E-state index is 0.326. The Morgan fingerprint density at radius 2 is 1.94 bits per heavy atom. The van der Waals surface area contributed by atoms with Crippen molar-refractivity contribution in [2.24, 2.45) is 0 Å². The molecule has 2 N–H and O–H groups in total. The molecular formula is C9H7F3O4S. The predicted octanol–water partition coefficient (Wildman–Crippen LogP) is 2.13. The zero-order valence-corrected chi connectivity index (χ0v) is 9.01. The van der Waals surface area contributed by atoms with Gasteiger partial charge in [0.25, 0.3) is 0 Å². The number of carboxylic acids is 1. The van der Waals surface area contributed by atoms with E-state index < -0.39 is 40.1 Å². The van der Waals surface area contributed by atoms with Crippen LogP contribution < -0.4 is 0 Å². The fraction of sp³-hybridized carbons (Fsp3) is 0.222. The van der Waals surface area contributed by atoms with Crippen molar-refractivity contribution < 1.29 is 31.8 Å². The number of carboxylic acid groups (broad SMARTS) is 1. The number of carbonyl (C=O) groups is 1. The average molecular weight is 268 g/mol. The monoisotopic (exact) mass is 268 g/mol. The molecule has 17 heavy (non-hydrogen) atoms. The molecule has 0 aliphatic heterocycles. The number of rotatable bonds is 3. The standard InChI is InChI=1S/C9H7F3O4S/c10-9(11,12)6-1-2-7(8(13)14)5(3-6)4-17(15)16/h1-3H,4H2,(H,13,14)(H,15,16). The van der Waals surface area contributed by atoms with Crippen LogP contribution in [0, 0.1) is 0 Å². The maximum Gasteiger partial charge on any atom is 0.416 e. The van der Waals surface area contributed by atoms with E-state index in [0.717, 1.165) is 6.07 Å². The van der Waals surface area contributed by atoms with E-state index in [2.05, 4.69) is 0 Å². The van der Waals surface area contributed by atoms with Gasteiger partial charge in [-0.15, -0.1) is 0 Å². The van der Waals surface area contributed by atoms with E-state index in [4.69, 9.17) is 9.66 Å². The number of hydrogen-bond donors (Lipinski definition) is 2. The van der Waals surface area contributed by atoms with Gasteiger partial charge in [-0.1, -0.05) is 0 Å². The van der Waals surface area contributed by atoms with E-state index in [1.165, 1.54) is 0 Å². The van der Waals surface area contributed by atoms with Crippen molar-refractivity contribution in [3.05, 3.63) is 34.9 Å². The number of alkyl halides is 3. The van der Waals surface area contributed by atoms with E-state index in [-0.39, 0.29) is 5.56 Å². The van der Waals surface area contributed by atoms with E-state index in [1.54, 1.807) is 0 Å². The Morgan fingerprint density at radius 3 is 2.35 bits per heavy atom. The minimum atomic E-state index is -4.62. The lowest BCUT2D eigenvalue weighted by molar-refractivity contribution is -0.137. The van der Waals surface area contributed by atoms with Crippen LogP contribution in [-0.2, 0) is 23.0 Å². The Balaban J connectivity index is 3.29. The largest absolute Gasteiger partial charge is 0.478 e. The summed E-state index contributed by atoms with van der Waals surface area (Å²) in [5.41, 5.74) is -1.79. The topological polar surface area (TPSA) is 74.6 Å². The molecule has 0 saturated heterocycles. The molecule has 1 aromatic rings. The first-order valence-corrected chi connectivity index (χ1v) is 5.50. The highest BCUT2D eigenvalue weighted by Crippen LogP contribution is 2.30. The van der Waals surface area contributed by atoms with Crippen LogP contribution in [0.5, 0.6) is 0 Å². The first-order chi connectivity index (χ1) is 7.71. The van der Waals surface area contributed by atoms with E-state index in [0.29, 0.717) is 12.1 Å². The molecule has 0 amide bonds. The van der Waals surface area contributed by atoms with Crippen LogP contribution >= 0.6 is 0 Å². The Kier molecular flexibility index (Phi) is 3.89. The Labute approximate surface area is 96.4 Å². The quantitative estimate of drug-likeness (QED) is 0.823. The van der Waals surface area contributed by atoms with Gasteiger partial charge in [0.05, 0.1) is 16.9 Å². The van der Waals surface area contributed by atoms with Crippen LogP contribution in [0.2, 0.25) is 0 Å². The molecule has 0 heterocycles. The molecule has 1 unspecified atom stereocenters. The zero-order valence-electron chi connectivity index (χ0n) is 8.19. The van der Waals surface area contributed by atoms with Crippen molar-refractivity contribution >= 4 is 17.0 Å². The van der Waals surface area contributed by atoms with Crippen molar-refractivity contribution in [3.63, 3.8) is 0 Å². The van der Waals surface area contributed by atoms with Crippen molar-refractivity contribution in [1.29, 1.82) is 0 Å². The van der Waals surface area contributed by atoms with Gasteiger partial charge in [-0.05, 0) is 23.8 Å². The summed E-state index contributed by atoms with van der Waals surface area (Å²) in [4.78, 5) is 10.7. The summed E-state index contributed by atoms with van der Waals surface area (Å²) in [6.45, 7) is 0. The SMILES string of the molecule is O=C(O)c1ccc(C(F)(F)F)cc1CS(=O)O. The number of hydrogen-bond acceptors (Lipinski definition) is 2. The molecule has 0 aromatic heterocycles. The minimum Gasteiger partial charge on any atom is -0.478 e. The summed E-state index contributed by atoms with van der Waals surface area (Å²) in [5, 5.41) is 8.71. The lowest BCUT2D eigenvalue weighted by Crippen LogP contribution is -2.10. The average Bonchev–Trinajstić information content (AvgIpc) is 2.14. The molecule has 8 heteroatoms. The summed E-state index contributed by atoms with van der Waals surface area (Å²) in [7, 11) is 0. The fourth-order valence-electron chi connectivity index (χ4n) is 1.23. The number of halogens is 3. The van der Waals surface area contributed by atoms with E-state index in [1.807, 2.05) is 0 Å². The van der Waals surface area contributed by atoms with Gasteiger partial charge in [0.15, 0.2) is 11.1 Å². The van der Waals surface area contributed by atoms with Gasteiger partial charge in [0, 0.05) is 0 Å². The van der Waals surface area contributed by atoms with Crippen molar-refractivity contribution in [3.8, 4) is 0 Å². The first kappa shape index (κ1) is 13.7. The van der Waals surface area contributed by atoms with Crippen LogP contribution in [-0.4, -0.2) is 19.8 Å². The lowest BCUT2D eigenvalue weighted by atomic mass is 10.0. The summed E-state index contributed by atoms with van der Waals surface area (Å²) in [6, 6.07) is 1.96. The van der Waals surface area contributed by atoms with Crippen molar-refractivity contribution in [2.75, 3.05) is 0 Å². The molecule has 0 aliphatic carbocycles. The number of aromatic carboxylic acids is 1.